The normalized spacial score (nSPS) is 18.0. The molecule has 0 bridgehead atoms. The molecule has 1 amide bonds. The standard InChI is InChI=1S/C23H19NO6/c1-29-17-10-6-15(7-11-17)21(26)19-20(14-4-8-16(25)9-5-14)24(23(28)22(19)27)13-18-3-2-12-30-18/h2-12,20,25-26H,13H2,1H3. The van der Waals surface area contributed by atoms with Crippen LogP contribution in [-0.2, 0) is 16.1 Å². The van der Waals surface area contributed by atoms with Crippen molar-refractivity contribution in [2.24, 2.45) is 0 Å². The van der Waals surface area contributed by atoms with Gasteiger partial charge in [0.25, 0.3) is 11.7 Å². The highest BCUT2D eigenvalue weighted by atomic mass is 16.5. The highest BCUT2D eigenvalue weighted by Gasteiger charge is 2.46. The lowest BCUT2D eigenvalue weighted by molar-refractivity contribution is -0.140. The summed E-state index contributed by atoms with van der Waals surface area (Å²) in [6.45, 7) is 0.0580. The van der Waals surface area contributed by atoms with Gasteiger partial charge in [0, 0.05) is 5.56 Å². The van der Waals surface area contributed by atoms with Crippen LogP contribution in [0.5, 0.6) is 11.5 Å². The Hall–Kier alpha value is -4.00. The first-order valence-electron chi connectivity index (χ1n) is 9.23. The highest BCUT2D eigenvalue weighted by Crippen LogP contribution is 2.40. The number of ketones is 1. The fourth-order valence-corrected chi connectivity index (χ4v) is 3.52. The van der Waals surface area contributed by atoms with Gasteiger partial charge in [0.05, 0.1) is 31.5 Å². The van der Waals surface area contributed by atoms with Crippen molar-refractivity contribution in [3.63, 3.8) is 0 Å². The number of aliphatic hydroxyl groups is 1. The largest absolute Gasteiger partial charge is 0.508 e. The topological polar surface area (TPSA) is 100 Å². The lowest BCUT2D eigenvalue weighted by atomic mass is 9.95. The van der Waals surface area contributed by atoms with Crippen LogP contribution >= 0.6 is 0 Å². The molecule has 1 fully saturated rings. The van der Waals surface area contributed by atoms with Gasteiger partial charge in [0.2, 0.25) is 0 Å². The smallest absolute Gasteiger partial charge is 0.296 e. The molecule has 0 saturated carbocycles. The van der Waals surface area contributed by atoms with Gasteiger partial charge < -0.3 is 24.3 Å². The number of aliphatic hydroxyl groups excluding tert-OH is 1. The van der Waals surface area contributed by atoms with Crippen molar-refractivity contribution < 1.29 is 29.0 Å². The Balaban J connectivity index is 1.84. The number of carbonyl (C=O) groups is 2. The molecule has 2 N–H and O–H groups in total. The summed E-state index contributed by atoms with van der Waals surface area (Å²) in [6.07, 6.45) is 1.48. The van der Waals surface area contributed by atoms with Crippen LogP contribution in [0.4, 0.5) is 0 Å². The Kier molecular flexibility index (Phi) is 5.02. The molecule has 30 heavy (non-hydrogen) atoms. The van der Waals surface area contributed by atoms with Gasteiger partial charge in [0.15, 0.2) is 0 Å². The summed E-state index contributed by atoms with van der Waals surface area (Å²) in [6, 6.07) is 15.3. The number of rotatable bonds is 5. The lowest BCUT2D eigenvalue weighted by Crippen LogP contribution is -2.29. The zero-order valence-electron chi connectivity index (χ0n) is 16.1. The van der Waals surface area contributed by atoms with Crippen LogP contribution in [-0.4, -0.2) is 33.9 Å². The minimum atomic E-state index is -0.835. The number of benzene rings is 2. The van der Waals surface area contributed by atoms with Crippen molar-refractivity contribution >= 4 is 17.4 Å². The number of ether oxygens (including phenoxy) is 1. The number of methoxy groups -OCH3 is 1. The summed E-state index contributed by atoms with van der Waals surface area (Å²) in [5.41, 5.74) is 0.937. The third-order valence-electron chi connectivity index (χ3n) is 5.02. The second-order valence-electron chi connectivity index (χ2n) is 6.83. The maximum Gasteiger partial charge on any atom is 0.296 e. The Bertz CT molecular complexity index is 1100. The first-order chi connectivity index (χ1) is 14.5. The predicted molar refractivity (Wildman–Crippen MR) is 108 cm³/mol. The molecule has 1 saturated heterocycles. The van der Waals surface area contributed by atoms with Gasteiger partial charge in [-0.3, -0.25) is 9.59 Å². The number of carbonyl (C=O) groups excluding carboxylic acids is 2. The molecular weight excluding hydrogens is 386 g/mol. The molecular formula is C23H19NO6. The molecule has 0 spiro atoms. The van der Waals surface area contributed by atoms with Crippen molar-refractivity contribution in [1.82, 2.24) is 4.90 Å². The Morgan fingerprint density at radius 2 is 1.77 bits per heavy atom. The van der Waals surface area contributed by atoms with Crippen LogP contribution in [0.25, 0.3) is 5.76 Å². The van der Waals surface area contributed by atoms with Gasteiger partial charge in [-0.1, -0.05) is 12.1 Å². The predicted octanol–water partition coefficient (Wildman–Crippen LogP) is 3.62. The number of Topliss-reactive ketones (excluding diaryl/α,β-unsaturated/α-hetero) is 1. The zero-order valence-corrected chi connectivity index (χ0v) is 16.1. The van der Waals surface area contributed by atoms with Crippen molar-refractivity contribution in [2.45, 2.75) is 12.6 Å². The Morgan fingerprint density at radius 1 is 1.07 bits per heavy atom. The van der Waals surface area contributed by atoms with Crippen LogP contribution in [0, 0.1) is 0 Å². The van der Waals surface area contributed by atoms with E-state index in [1.54, 1.807) is 48.5 Å². The van der Waals surface area contributed by atoms with Crippen molar-refractivity contribution in [3.8, 4) is 11.5 Å². The van der Waals surface area contributed by atoms with Gasteiger partial charge in [-0.2, -0.15) is 0 Å². The summed E-state index contributed by atoms with van der Waals surface area (Å²) in [5.74, 6) is -0.648. The molecule has 1 unspecified atom stereocenters. The van der Waals surface area contributed by atoms with Crippen molar-refractivity contribution in [2.75, 3.05) is 7.11 Å². The SMILES string of the molecule is COc1ccc(C(O)=C2C(=O)C(=O)N(Cc3ccco3)C2c2ccc(O)cc2)cc1. The average Bonchev–Trinajstić information content (AvgIpc) is 3.36. The number of likely N-dealkylation sites (tertiary alicyclic amines) is 1. The maximum absolute atomic E-state index is 12.9. The number of hydrogen-bond acceptors (Lipinski definition) is 6. The summed E-state index contributed by atoms with van der Waals surface area (Å²) in [4.78, 5) is 27.1. The van der Waals surface area contributed by atoms with Gasteiger partial charge in [0.1, 0.15) is 23.0 Å². The average molecular weight is 405 g/mol. The molecule has 7 nitrogen and oxygen atoms in total. The molecule has 4 rings (SSSR count). The summed E-state index contributed by atoms with van der Waals surface area (Å²) < 4.78 is 10.5. The van der Waals surface area contributed by atoms with Crippen LogP contribution < -0.4 is 4.74 Å². The molecule has 7 heteroatoms. The molecule has 152 valence electrons. The van der Waals surface area contributed by atoms with Gasteiger partial charge in [-0.05, 0) is 54.1 Å². The van der Waals surface area contributed by atoms with Crippen LogP contribution in [0.1, 0.15) is 22.9 Å². The highest BCUT2D eigenvalue weighted by molar-refractivity contribution is 6.46. The summed E-state index contributed by atoms with van der Waals surface area (Å²) >= 11 is 0. The number of amides is 1. The third-order valence-corrected chi connectivity index (χ3v) is 5.02. The van der Waals surface area contributed by atoms with Crippen molar-refractivity contribution in [1.29, 1.82) is 0 Å². The van der Waals surface area contributed by atoms with E-state index in [9.17, 15) is 19.8 Å². The quantitative estimate of drug-likeness (QED) is 0.382. The Labute approximate surface area is 172 Å². The molecule has 1 aliphatic heterocycles. The number of hydrogen-bond donors (Lipinski definition) is 2. The number of nitrogens with zero attached hydrogens (tertiary/aromatic N) is 1. The van der Waals surface area contributed by atoms with Gasteiger partial charge in [-0.15, -0.1) is 0 Å². The van der Waals surface area contributed by atoms with Crippen molar-refractivity contribution in [3.05, 3.63) is 89.4 Å². The fourth-order valence-electron chi connectivity index (χ4n) is 3.52. The summed E-state index contributed by atoms with van der Waals surface area (Å²) in [7, 11) is 1.53. The molecule has 1 aromatic heterocycles. The van der Waals surface area contributed by atoms with Gasteiger partial charge in [-0.25, -0.2) is 0 Å². The third kappa shape index (κ3) is 3.41. The van der Waals surface area contributed by atoms with Gasteiger partial charge >= 0.3 is 0 Å². The molecule has 0 radical (unpaired) electrons. The second-order valence-corrected chi connectivity index (χ2v) is 6.83. The fraction of sp³-hybridized carbons (Fsp3) is 0.130. The van der Waals surface area contributed by atoms with E-state index in [0.717, 1.165) is 0 Å². The van der Waals surface area contributed by atoms with E-state index in [2.05, 4.69) is 0 Å². The lowest BCUT2D eigenvalue weighted by Gasteiger charge is -2.24. The van der Waals surface area contributed by atoms with E-state index in [0.29, 0.717) is 22.6 Å². The van der Waals surface area contributed by atoms with E-state index >= 15 is 0 Å². The summed E-state index contributed by atoms with van der Waals surface area (Å²) in [5, 5.41) is 20.6. The first-order valence-corrected chi connectivity index (χ1v) is 9.23. The van der Waals surface area contributed by atoms with E-state index in [-0.39, 0.29) is 23.6 Å². The Morgan fingerprint density at radius 3 is 2.37 bits per heavy atom. The minimum absolute atomic E-state index is 0.0255. The van der Waals surface area contributed by atoms with E-state index in [1.807, 2.05) is 0 Å². The maximum atomic E-state index is 12.9. The zero-order chi connectivity index (χ0) is 21.3. The first kappa shape index (κ1) is 19.3. The molecule has 0 aliphatic carbocycles. The molecule has 2 aromatic carbocycles. The van der Waals surface area contributed by atoms with E-state index in [1.165, 1.54) is 30.4 Å². The molecule has 3 aromatic rings. The number of phenolic OH excluding ortho intramolecular Hbond substituents is 1. The van der Waals surface area contributed by atoms with Crippen LogP contribution in [0.15, 0.2) is 76.9 Å². The van der Waals surface area contributed by atoms with Crippen LogP contribution in [0.3, 0.4) is 0 Å². The number of furan rings is 1. The number of aromatic hydroxyl groups is 1. The van der Waals surface area contributed by atoms with Crippen LogP contribution in [0.2, 0.25) is 0 Å². The molecule has 1 atom stereocenters. The molecule has 2 heterocycles. The monoisotopic (exact) mass is 405 g/mol. The molecule has 1 aliphatic rings. The second kappa shape index (κ2) is 7.79. The van der Waals surface area contributed by atoms with E-state index in [4.69, 9.17) is 9.15 Å². The number of phenols is 1. The minimum Gasteiger partial charge on any atom is -0.508 e. The van der Waals surface area contributed by atoms with E-state index < -0.39 is 17.7 Å².